The number of nitrogens with zero attached hydrogens (tertiary/aromatic N) is 4. The van der Waals surface area contributed by atoms with Gasteiger partial charge in [0.15, 0.2) is 17.5 Å². The van der Waals surface area contributed by atoms with Crippen molar-refractivity contribution in [1.82, 2.24) is 19.5 Å². The Morgan fingerprint density at radius 1 is 0.392 bits per heavy atom. The van der Waals surface area contributed by atoms with E-state index in [4.69, 9.17) is 19.4 Å². The highest BCUT2D eigenvalue weighted by Crippen LogP contribution is 2.38. The third kappa shape index (κ3) is 5.11. The van der Waals surface area contributed by atoms with Crippen molar-refractivity contribution in [3.63, 3.8) is 0 Å². The van der Waals surface area contributed by atoms with Crippen LogP contribution in [0.15, 0.2) is 173 Å². The van der Waals surface area contributed by atoms with Crippen molar-refractivity contribution in [3.05, 3.63) is 168 Å². The molecule has 240 valence electrons. The maximum atomic E-state index is 6.20. The number of aromatic nitrogens is 4. The summed E-state index contributed by atoms with van der Waals surface area (Å²) in [5.74, 6) is 1.85. The fourth-order valence-electron chi connectivity index (χ4n) is 7.10. The molecular formula is C45H27BrN4O. The largest absolute Gasteiger partial charge is 0.456 e. The van der Waals surface area contributed by atoms with Crippen LogP contribution in [0.1, 0.15) is 0 Å². The van der Waals surface area contributed by atoms with Crippen LogP contribution >= 0.6 is 15.9 Å². The molecule has 0 N–H and O–H groups in total. The van der Waals surface area contributed by atoms with Gasteiger partial charge in [0.25, 0.3) is 0 Å². The van der Waals surface area contributed by atoms with Gasteiger partial charge >= 0.3 is 0 Å². The summed E-state index contributed by atoms with van der Waals surface area (Å²) in [6.07, 6.45) is 0. The highest BCUT2D eigenvalue weighted by atomic mass is 79.9. The van der Waals surface area contributed by atoms with Crippen molar-refractivity contribution in [1.29, 1.82) is 0 Å². The minimum atomic E-state index is 0.601. The normalized spacial score (nSPS) is 11.6. The molecule has 0 unspecified atom stereocenters. The van der Waals surface area contributed by atoms with Gasteiger partial charge in [-0.3, -0.25) is 0 Å². The van der Waals surface area contributed by atoms with Gasteiger partial charge in [0.1, 0.15) is 11.2 Å². The molecule has 10 rings (SSSR count). The molecule has 3 heterocycles. The van der Waals surface area contributed by atoms with E-state index in [0.717, 1.165) is 70.9 Å². The second-order valence-corrected chi connectivity index (χ2v) is 13.5. The van der Waals surface area contributed by atoms with E-state index in [1.807, 2.05) is 72.8 Å². The average molecular weight is 720 g/mol. The topological polar surface area (TPSA) is 56.7 Å². The molecule has 0 aliphatic heterocycles. The number of halogens is 1. The molecule has 0 atom stereocenters. The van der Waals surface area contributed by atoms with Gasteiger partial charge in [0.05, 0.1) is 11.0 Å². The fraction of sp³-hybridized carbons (Fsp3) is 0. The molecule has 0 bridgehead atoms. The molecular weight excluding hydrogens is 692 g/mol. The highest BCUT2D eigenvalue weighted by Gasteiger charge is 2.18. The third-order valence-electron chi connectivity index (χ3n) is 9.48. The first-order chi connectivity index (χ1) is 25.2. The lowest BCUT2D eigenvalue weighted by Crippen LogP contribution is -2.01. The van der Waals surface area contributed by atoms with Crippen LogP contribution in [0.3, 0.4) is 0 Å². The van der Waals surface area contributed by atoms with E-state index in [0.29, 0.717) is 17.5 Å². The first kappa shape index (κ1) is 29.5. The minimum absolute atomic E-state index is 0.601. The van der Waals surface area contributed by atoms with Crippen LogP contribution in [0, 0.1) is 0 Å². The molecule has 0 amide bonds. The van der Waals surface area contributed by atoms with Crippen molar-refractivity contribution in [2.24, 2.45) is 0 Å². The van der Waals surface area contributed by atoms with E-state index in [9.17, 15) is 0 Å². The smallest absolute Gasteiger partial charge is 0.164 e. The quantitative estimate of drug-likeness (QED) is 0.178. The lowest BCUT2D eigenvalue weighted by atomic mass is 9.99. The predicted molar refractivity (Wildman–Crippen MR) is 211 cm³/mol. The van der Waals surface area contributed by atoms with Gasteiger partial charge in [-0.15, -0.1) is 0 Å². The second kappa shape index (κ2) is 11.9. The average Bonchev–Trinajstić information content (AvgIpc) is 3.73. The second-order valence-electron chi connectivity index (χ2n) is 12.6. The van der Waals surface area contributed by atoms with E-state index in [1.54, 1.807) is 0 Å². The summed E-state index contributed by atoms with van der Waals surface area (Å²) in [5.41, 5.74) is 9.85. The molecule has 0 saturated carbocycles. The molecule has 0 saturated heterocycles. The Morgan fingerprint density at radius 2 is 0.980 bits per heavy atom. The van der Waals surface area contributed by atoms with Crippen LogP contribution in [-0.4, -0.2) is 19.5 Å². The van der Waals surface area contributed by atoms with E-state index < -0.39 is 0 Å². The van der Waals surface area contributed by atoms with Gasteiger partial charge in [-0.1, -0.05) is 119 Å². The lowest BCUT2D eigenvalue weighted by Gasteiger charge is -2.14. The van der Waals surface area contributed by atoms with E-state index >= 15 is 0 Å². The Kier molecular flexibility index (Phi) is 6.89. The first-order valence-corrected chi connectivity index (χ1v) is 17.6. The predicted octanol–water partition coefficient (Wildman–Crippen LogP) is 12.3. The molecule has 0 aliphatic carbocycles. The number of furan rings is 1. The SMILES string of the molecule is Brc1ccc2c(c1)c1ccccc1n2-c1cc(-c2ccc3oc4ccccc4c3c2)cc(-c2nc(-c3ccccc3)nc(-c3ccccc3)n2)c1. The maximum Gasteiger partial charge on any atom is 0.164 e. The van der Waals surface area contributed by atoms with Gasteiger partial charge in [0.2, 0.25) is 0 Å². The zero-order chi connectivity index (χ0) is 33.9. The summed E-state index contributed by atoms with van der Waals surface area (Å²) in [6, 6.07) is 56.5. The standard InChI is InChI=1S/C45H27BrN4O/c46-33-20-21-40-37(27-33)35-15-7-9-17-39(35)50(40)34-24-31(30-19-22-42-38(26-30)36-16-8-10-18-41(36)51-42)23-32(25-34)45-48-43(28-11-3-1-4-12-28)47-44(49-45)29-13-5-2-6-14-29/h1-27H. The summed E-state index contributed by atoms with van der Waals surface area (Å²) < 4.78 is 9.58. The monoisotopic (exact) mass is 718 g/mol. The first-order valence-electron chi connectivity index (χ1n) is 16.8. The molecule has 0 spiro atoms. The van der Waals surface area contributed by atoms with Crippen molar-refractivity contribution < 1.29 is 4.42 Å². The molecule has 51 heavy (non-hydrogen) atoms. The molecule has 0 fully saturated rings. The number of hydrogen-bond acceptors (Lipinski definition) is 4. The lowest BCUT2D eigenvalue weighted by molar-refractivity contribution is 0.669. The Morgan fingerprint density at radius 3 is 1.73 bits per heavy atom. The Hall–Kier alpha value is -6.37. The Balaban J connectivity index is 1.26. The molecule has 7 aromatic carbocycles. The number of fused-ring (bicyclic) bond motifs is 6. The van der Waals surface area contributed by atoms with Crippen molar-refractivity contribution in [2.45, 2.75) is 0 Å². The van der Waals surface area contributed by atoms with Crippen molar-refractivity contribution >= 4 is 59.7 Å². The van der Waals surface area contributed by atoms with Gasteiger partial charge in [-0.05, 0) is 71.8 Å². The Bertz CT molecular complexity index is 2870. The number of para-hydroxylation sites is 2. The third-order valence-corrected chi connectivity index (χ3v) is 9.97. The van der Waals surface area contributed by atoms with Crippen LogP contribution < -0.4 is 0 Å². The summed E-state index contributed by atoms with van der Waals surface area (Å²) in [7, 11) is 0. The molecule has 0 aliphatic rings. The molecule has 10 aromatic rings. The van der Waals surface area contributed by atoms with E-state index in [-0.39, 0.29) is 0 Å². The zero-order valence-corrected chi connectivity index (χ0v) is 28.7. The number of hydrogen-bond donors (Lipinski definition) is 0. The van der Waals surface area contributed by atoms with E-state index in [1.165, 1.54) is 10.8 Å². The van der Waals surface area contributed by atoms with Gasteiger partial charge in [0, 0.05) is 48.4 Å². The van der Waals surface area contributed by atoms with Crippen LogP contribution in [0.2, 0.25) is 0 Å². The molecule has 0 radical (unpaired) electrons. The van der Waals surface area contributed by atoms with Crippen LogP contribution in [0.25, 0.3) is 94.7 Å². The van der Waals surface area contributed by atoms with Crippen LogP contribution in [0.5, 0.6) is 0 Å². The molecule has 6 heteroatoms. The molecule has 5 nitrogen and oxygen atoms in total. The van der Waals surface area contributed by atoms with Gasteiger partial charge < -0.3 is 8.98 Å². The van der Waals surface area contributed by atoms with Crippen LogP contribution in [0.4, 0.5) is 0 Å². The highest BCUT2D eigenvalue weighted by molar-refractivity contribution is 9.10. The number of rotatable bonds is 5. The fourth-order valence-corrected chi connectivity index (χ4v) is 7.46. The van der Waals surface area contributed by atoms with Crippen molar-refractivity contribution in [2.75, 3.05) is 0 Å². The van der Waals surface area contributed by atoms with Crippen LogP contribution in [-0.2, 0) is 0 Å². The van der Waals surface area contributed by atoms with Gasteiger partial charge in [-0.25, -0.2) is 15.0 Å². The molecule has 3 aromatic heterocycles. The Labute approximate surface area is 301 Å². The van der Waals surface area contributed by atoms with E-state index in [2.05, 4.69) is 111 Å². The zero-order valence-electron chi connectivity index (χ0n) is 27.2. The summed E-state index contributed by atoms with van der Waals surface area (Å²) in [5, 5.41) is 4.53. The van der Waals surface area contributed by atoms with Gasteiger partial charge in [-0.2, -0.15) is 0 Å². The van der Waals surface area contributed by atoms with Crippen molar-refractivity contribution in [3.8, 4) is 51.0 Å². The summed E-state index contributed by atoms with van der Waals surface area (Å²) >= 11 is 3.71. The summed E-state index contributed by atoms with van der Waals surface area (Å²) in [6.45, 7) is 0. The maximum absolute atomic E-state index is 6.20. The number of benzene rings is 7. The minimum Gasteiger partial charge on any atom is -0.456 e. The summed E-state index contributed by atoms with van der Waals surface area (Å²) in [4.78, 5) is 15.2.